The van der Waals surface area contributed by atoms with E-state index in [0.29, 0.717) is 44.8 Å². The fourth-order valence-electron chi connectivity index (χ4n) is 3.65. The van der Waals surface area contributed by atoms with Crippen LogP contribution in [0.2, 0.25) is 0 Å². The molecule has 3 rings (SSSR count). The molecule has 0 radical (unpaired) electrons. The third-order valence-electron chi connectivity index (χ3n) is 5.47. The first-order chi connectivity index (χ1) is 14.5. The van der Waals surface area contributed by atoms with Gasteiger partial charge in [-0.05, 0) is 69.5 Å². The highest BCUT2D eigenvalue weighted by atomic mass is 16.5. The number of aromatic nitrogens is 1. The molecule has 0 bridgehead atoms. The van der Waals surface area contributed by atoms with E-state index < -0.39 is 0 Å². The molecule has 1 aromatic carbocycles. The van der Waals surface area contributed by atoms with E-state index in [2.05, 4.69) is 10.3 Å². The summed E-state index contributed by atoms with van der Waals surface area (Å²) in [6, 6.07) is 9.33. The lowest BCUT2D eigenvalue weighted by Crippen LogP contribution is -2.47. The second kappa shape index (κ2) is 10.1. The van der Waals surface area contributed by atoms with Crippen LogP contribution >= 0.6 is 0 Å². The number of carbonyl (C=O) groups is 2. The Morgan fingerprint density at radius 1 is 1.20 bits per heavy atom. The predicted molar refractivity (Wildman–Crippen MR) is 117 cm³/mol. The smallest absolute Gasteiger partial charge is 0.319 e. The summed E-state index contributed by atoms with van der Waals surface area (Å²) in [6.07, 6.45) is 4.72. The van der Waals surface area contributed by atoms with Gasteiger partial charge in [-0.15, -0.1) is 0 Å². The van der Waals surface area contributed by atoms with Crippen molar-refractivity contribution in [1.82, 2.24) is 14.8 Å². The molecule has 0 unspecified atom stereocenters. The maximum Gasteiger partial charge on any atom is 0.319 e. The molecule has 2 aromatic rings. The van der Waals surface area contributed by atoms with Gasteiger partial charge >= 0.3 is 6.03 Å². The lowest BCUT2D eigenvalue weighted by molar-refractivity contribution is -0.121. The molecule has 1 N–H and O–H groups in total. The van der Waals surface area contributed by atoms with Crippen LogP contribution in [0.5, 0.6) is 11.5 Å². The monoisotopic (exact) mass is 410 g/mol. The van der Waals surface area contributed by atoms with Crippen molar-refractivity contribution in [3.8, 4) is 11.5 Å². The van der Waals surface area contributed by atoms with Crippen LogP contribution < -0.4 is 10.1 Å². The Bertz CT molecular complexity index is 860. The van der Waals surface area contributed by atoms with Crippen LogP contribution in [-0.4, -0.2) is 52.9 Å². The summed E-state index contributed by atoms with van der Waals surface area (Å²) in [7, 11) is 0. The van der Waals surface area contributed by atoms with E-state index in [4.69, 9.17) is 4.74 Å². The van der Waals surface area contributed by atoms with Gasteiger partial charge in [0.1, 0.15) is 11.5 Å². The Morgan fingerprint density at radius 2 is 1.93 bits per heavy atom. The molecule has 30 heavy (non-hydrogen) atoms. The van der Waals surface area contributed by atoms with E-state index in [1.165, 1.54) is 0 Å². The van der Waals surface area contributed by atoms with Gasteiger partial charge < -0.3 is 19.9 Å². The number of ether oxygens (including phenoxy) is 1. The number of anilines is 1. The van der Waals surface area contributed by atoms with Gasteiger partial charge in [0.15, 0.2) is 0 Å². The molecule has 0 aliphatic carbocycles. The van der Waals surface area contributed by atoms with Gasteiger partial charge in [0.25, 0.3) is 0 Å². The van der Waals surface area contributed by atoms with Gasteiger partial charge in [0.2, 0.25) is 5.91 Å². The first-order valence-corrected chi connectivity index (χ1v) is 10.5. The zero-order chi connectivity index (χ0) is 21.5. The highest BCUT2D eigenvalue weighted by molar-refractivity contribution is 5.93. The number of rotatable bonds is 6. The van der Waals surface area contributed by atoms with Crippen LogP contribution in [0, 0.1) is 12.8 Å². The molecule has 1 fully saturated rings. The maximum atomic E-state index is 12.7. The van der Waals surface area contributed by atoms with Gasteiger partial charge in [0.05, 0.1) is 6.20 Å². The molecule has 0 spiro atoms. The van der Waals surface area contributed by atoms with Crippen molar-refractivity contribution in [3.63, 3.8) is 0 Å². The van der Waals surface area contributed by atoms with Crippen molar-refractivity contribution in [1.29, 1.82) is 0 Å². The molecule has 160 valence electrons. The van der Waals surface area contributed by atoms with Crippen LogP contribution in [0.4, 0.5) is 10.5 Å². The van der Waals surface area contributed by atoms with Crippen molar-refractivity contribution in [2.75, 3.05) is 31.5 Å². The average Bonchev–Trinajstić information content (AvgIpc) is 2.77. The Kier molecular flexibility index (Phi) is 7.27. The molecule has 0 saturated carbocycles. The second-order valence-corrected chi connectivity index (χ2v) is 7.48. The van der Waals surface area contributed by atoms with Crippen molar-refractivity contribution in [3.05, 3.63) is 48.3 Å². The van der Waals surface area contributed by atoms with Gasteiger partial charge in [-0.25, -0.2) is 4.79 Å². The molecule has 1 aliphatic rings. The summed E-state index contributed by atoms with van der Waals surface area (Å²) in [5.41, 5.74) is 1.67. The minimum Gasteiger partial charge on any atom is -0.455 e. The number of nitrogens with zero attached hydrogens (tertiary/aromatic N) is 3. The van der Waals surface area contributed by atoms with Crippen molar-refractivity contribution in [2.45, 2.75) is 33.6 Å². The number of hydrogen-bond donors (Lipinski definition) is 1. The lowest BCUT2D eigenvalue weighted by Gasteiger charge is -2.34. The Labute approximate surface area is 178 Å². The minimum absolute atomic E-state index is 0.00488. The Hall–Kier alpha value is -3.09. The molecule has 7 heteroatoms. The van der Waals surface area contributed by atoms with Crippen LogP contribution in [0.1, 0.15) is 32.3 Å². The summed E-state index contributed by atoms with van der Waals surface area (Å²) < 4.78 is 5.84. The van der Waals surface area contributed by atoms with Crippen LogP contribution in [0.3, 0.4) is 0 Å². The summed E-state index contributed by atoms with van der Waals surface area (Å²) in [6.45, 7) is 8.55. The zero-order valence-corrected chi connectivity index (χ0v) is 17.9. The number of aryl methyl sites for hydroxylation is 1. The van der Waals surface area contributed by atoms with Gasteiger partial charge in [-0.1, -0.05) is 0 Å². The van der Waals surface area contributed by atoms with Gasteiger partial charge in [0, 0.05) is 44.0 Å². The molecular weight excluding hydrogens is 380 g/mol. The standard InChI is InChI=1S/C23H30N4O3/c1-4-26(5-2)23(29)27-13-10-18(11-14-27)22(28)25-19-8-9-21(17(3)15-19)30-20-7-6-12-24-16-20/h6-9,12,15-16,18H,4-5,10-11,13-14H2,1-3H3,(H,25,28). The van der Waals surface area contributed by atoms with Gasteiger partial charge in [-0.2, -0.15) is 0 Å². The van der Waals surface area contributed by atoms with E-state index >= 15 is 0 Å². The minimum atomic E-state index is -0.0858. The molecule has 1 saturated heterocycles. The number of amides is 3. The molecule has 3 amide bonds. The number of urea groups is 1. The summed E-state index contributed by atoms with van der Waals surface area (Å²) in [5, 5.41) is 3.01. The normalized spacial score (nSPS) is 14.3. The van der Waals surface area contributed by atoms with E-state index in [9.17, 15) is 9.59 Å². The van der Waals surface area contributed by atoms with E-state index in [-0.39, 0.29) is 17.9 Å². The summed E-state index contributed by atoms with van der Waals surface area (Å²) in [5.74, 6) is 1.32. The topological polar surface area (TPSA) is 74.8 Å². The number of carbonyl (C=O) groups excluding carboxylic acids is 2. The molecule has 1 aliphatic heterocycles. The van der Waals surface area contributed by atoms with Crippen LogP contribution in [0.25, 0.3) is 0 Å². The number of hydrogen-bond acceptors (Lipinski definition) is 4. The van der Waals surface area contributed by atoms with Crippen molar-refractivity contribution < 1.29 is 14.3 Å². The van der Waals surface area contributed by atoms with E-state index in [1.807, 2.05) is 60.9 Å². The first-order valence-electron chi connectivity index (χ1n) is 10.5. The number of benzene rings is 1. The molecule has 7 nitrogen and oxygen atoms in total. The Morgan fingerprint density at radius 3 is 2.53 bits per heavy atom. The Balaban J connectivity index is 1.54. The molecule has 2 heterocycles. The number of nitrogens with one attached hydrogen (secondary N) is 1. The largest absolute Gasteiger partial charge is 0.455 e. The maximum absolute atomic E-state index is 12.7. The predicted octanol–water partition coefficient (Wildman–Crippen LogP) is 4.29. The third kappa shape index (κ3) is 5.28. The van der Waals surface area contributed by atoms with Gasteiger partial charge in [-0.3, -0.25) is 9.78 Å². The van der Waals surface area contributed by atoms with Crippen LogP contribution in [-0.2, 0) is 4.79 Å². The SMILES string of the molecule is CCN(CC)C(=O)N1CCC(C(=O)Nc2ccc(Oc3cccnc3)c(C)c2)CC1. The lowest BCUT2D eigenvalue weighted by atomic mass is 9.96. The highest BCUT2D eigenvalue weighted by Gasteiger charge is 2.29. The van der Waals surface area contributed by atoms with E-state index in [1.54, 1.807) is 12.4 Å². The summed E-state index contributed by atoms with van der Waals surface area (Å²) >= 11 is 0. The molecule has 0 atom stereocenters. The first kappa shape index (κ1) is 21.6. The third-order valence-corrected chi connectivity index (χ3v) is 5.47. The molecular formula is C23H30N4O3. The van der Waals surface area contributed by atoms with E-state index in [0.717, 1.165) is 17.0 Å². The fourth-order valence-corrected chi connectivity index (χ4v) is 3.65. The quantitative estimate of drug-likeness (QED) is 0.771. The summed E-state index contributed by atoms with van der Waals surface area (Å²) in [4.78, 5) is 32.9. The van der Waals surface area contributed by atoms with Crippen molar-refractivity contribution >= 4 is 17.6 Å². The fraction of sp³-hybridized carbons (Fsp3) is 0.435. The number of likely N-dealkylation sites (tertiary alicyclic amines) is 1. The van der Waals surface area contributed by atoms with Crippen molar-refractivity contribution in [2.24, 2.45) is 5.92 Å². The second-order valence-electron chi connectivity index (χ2n) is 7.48. The molecule has 1 aromatic heterocycles. The average molecular weight is 411 g/mol. The number of piperidine rings is 1. The number of pyridine rings is 1. The zero-order valence-electron chi connectivity index (χ0n) is 17.9. The highest BCUT2D eigenvalue weighted by Crippen LogP contribution is 2.27. The van der Waals surface area contributed by atoms with Crippen LogP contribution in [0.15, 0.2) is 42.7 Å².